The largest absolute Gasteiger partial charge is 0.467 e. The van der Waals surface area contributed by atoms with E-state index in [1.165, 1.54) is 6.42 Å². The number of hydrogen-bond acceptors (Lipinski definition) is 3. The number of anilines is 1. The van der Waals surface area contributed by atoms with Crippen LogP contribution in [-0.2, 0) is 4.79 Å². The molecular weight excluding hydrogens is 402 g/mol. The molecule has 0 unspecified atom stereocenters. The summed E-state index contributed by atoms with van der Waals surface area (Å²) in [6.45, 7) is 5.94. The molecule has 0 aromatic heterocycles. The summed E-state index contributed by atoms with van der Waals surface area (Å²) in [5, 5.41) is 6.30. The summed E-state index contributed by atoms with van der Waals surface area (Å²) in [4.78, 5) is 29.0. The van der Waals surface area contributed by atoms with Crippen LogP contribution in [0.3, 0.4) is 0 Å². The highest BCUT2D eigenvalue weighted by atomic mass is 16.5. The number of aryl methyl sites for hydroxylation is 2. The minimum atomic E-state index is -1.06. The van der Waals surface area contributed by atoms with E-state index in [1.807, 2.05) is 62.1 Å². The molecule has 2 aromatic carbocycles. The third-order valence-corrected chi connectivity index (χ3v) is 7.32. The molecule has 2 fully saturated rings. The summed E-state index contributed by atoms with van der Waals surface area (Å²) in [5.41, 5.74) is 2.74. The SMILES string of the molecule is Cc1ccc(NC(=O)[C@@H]2[C@H]3NC(=O)N(C4CCCCC4)[C@@]2(C)Oc2ccccc23)c(C)c1. The summed E-state index contributed by atoms with van der Waals surface area (Å²) < 4.78 is 6.55. The average molecular weight is 434 g/mol. The number of amides is 3. The first-order valence-electron chi connectivity index (χ1n) is 11.6. The Kier molecular flexibility index (Phi) is 5.11. The number of benzene rings is 2. The van der Waals surface area contributed by atoms with Gasteiger partial charge in [0.1, 0.15) is 11.7 Å². The molecule has 5 rings (SSSR count). The number of ether oxygens (including phenoxy) is 1. The standard InChI is InChI=1S/C26H31N3O3/c1-16-13-14-20(17(2)15-16)27-24(30)22-23-19-11-7-8-12-21(19)32-26(22,3)29(25(31)28-23)18-9-5-4-6-10-18/h7-8,11-15,18,22-23H,4-6,9-10H2,1-3H3,(H,27,30)(H,28,31)/t22-,23-,26-/m0/s1. The fourth-order valence-electron chi connectivity index (χ4n) is 5.80. The lowest BCUT2D eigenvalue weighted by molar-refractivity contribution is -0.162. The molecule has 0 spiro atoms. The van der Waals surface area contributed by atoms with Crippen molar-refractivity contribution in [1.29, 1.82) is 0 Å². The number of nitrogens with zero attached hydrogens (tertiary/aromatic N) is 1. The van der Waals surface area contributed by atoms with Gasteiger partial charge in [0.15, 0.2) is 5.72 Å². The summed E-state index contributed by atoms with van der Waals surface area (Å²) in [6, 6.07) is 13.2. The van der Waals surface area contributed by atoms with Crippen LogP contribution in [0, 0.1) is 19.8 Å². The van der Waals surface area contributed by atoms with Crippen molar-refractivity contribution in [1.82, 2.24) is 10.2 Å². The minimum Gasteiger partial charge on any atom is -0.467 e. The van der Waals surface area contributed by atoms with Gasteiger partial charge in [0.2, 0.25) is 5.91 Å². The van der Waals surface area contributed by atoms with Gasteiger partial charge in [0.05, 0.1) is 6.04 Å². The van der Waals surface area contributed by atoms with Crippen molar-refractivity contribution in [3.8, 4) is 5.75 Å². The molecule has 32 heavy (non-hydrogen) atoms. The summed E-state index contributed by atoms with van der Waals surface area (Å²) in [6.07, 6.45) is 5.23. The Morgan fingerprint density at radius 2 is 1.88 bits per heavy atom. The highest BCUT2D eigenvalue weighted by molar-refractivity contribution is 5.96. The van der Waals surface area contributed by atoms with Gasteiger partial charge in [0.25, 0.3) is 0 Å². The third-order valence-electron chi connectivity index (χ3n) is 7.32. The number of hydrogen-bond donors (Lipinski definition) is 2. The molecule has 168 valence electrons. The number of fused-ring (bicyclic) bond motifs is 4. The van der Waals surface area contributed by atoms with E-state index in [0.29, 0.717) is 0 Å². The number of para-hydroxylation sites is 1. The molecule has 6 nitrogen and oxygen atoms in total. The summed E-state index contributed by atoms with van der Waals surface area (Å²) in [7, 11) is 0. The zero-order valence-corrected chi connectivity index (χ0v) is 19.0. The number of urea groups is 1. The van der Waals surface area contributed by atoms with Gasteiger partial charge in [-0.15, -0.1) is 0 Å². The molecule has 1 aliphatic carbocycles. The van der Waals surface area contributed by atoms with Gasteiger partial charge in [-0.2, -0.15) is 0 Å². The Hall–Kier alpha value is -3.02. The molecular formula is C26H31N3O3. The van der Waals surface area contributed by atoms with E-state index in [-0.39, 0.29) is 18.0 Å². The quantitative estimate of drug-likeness (QED) is 0.710. The Morgan fingerprint density at radius 3 is 2.62 bits per heavy atom. The number of carbonyl (C=O) groups is 2. The first-order chi connectivity index (χ1) is 15.4. The van der Waals surface area contributed by atoms with Crippen LogP contribution < -0.4 is 15.4 Å². The molecule has 2 heterocycles. The first kappa shape index (κ1) is 20.9. The van der Waals surface area contributed by atoms with E-state index >= 15 is 0 Å². The highest BCUT2D eigenvalue weighted by Gasteiger charge is 2.61. The van der Waals surface area contributed by atoms with E-state index in [4.69, 9.17) is 4.74 Å². The van der Waals surface area contributed by atoms with Crippen molar-refractivity contribution in [2.75, 3.05) is 5.32 Å². The predicted octanol–water partition coefficient (Wildman–Crippen LogP) is 5.07. The topological polar surface area (TPSA) is 70.7 Å². The Morgan fingerprint density at radius 1 is 1.12 bits per heavy atom. The molecule has 0 radical (unpaired) electrons. The zero-order valence-electron chi connectivity index (χ0n) is 19.0. The van der Waals surface area contributed by atoms with Crippen molar-refractivity contribution < 1.29 is 14.3 Å². The van der Waals surface area contributed by atoms with Gasteiger partial charge < -0.3 is 15.4 Å². The first-order valence-corrected chi connectivity index (χ1v) is 11.6. The second-order valence-corrected chi connectivity index (χ2v) is 9.57. The molecule has 3 aliphatic rings. The van der Waals surface area contributed by atoms with E-state index in [1.54, 1.807) is 0 Å². The van der Waals surface area contributed by atoms with Crippen LogP contribution in [0.25, 0.3) is 0 Å². The third kappa shape index (κ3) is 3.33. The Bertz CT molecular complexity index is 1060. The van der Waals surface area contributed by atoms with Gasteiger partial charge in [0, 0.05) is 17.3 Å². The lowest BCUT2D eigenvalue weighted by Gasteiger charge is -2.57. The zero-order chi connectivity index (χ0) is 22.5. The monoisotopic (exact) mass is 433 g/mol. The van der Waals surface area contributed by atoms with Crippen LogP contribution in [0.15, 0.2) is 42.5 Å². The number of rotatable bonds is 3. The van der Waals surface area contributed by atoms with Crippen LogP contribution in [0.2, 0.25) is 0 Å². The van der Waals surface area contributed by atoms with Crippen molar-refractivity contribution in [2.24, 2.45) is 5.92 Å². The summed E-state index contributed by atoms with van der Waals surface area (Å²) in [5.74, 6) is 0.00821. The molecule has 1 saturated carbocycles. The predicted molar refractivity (Wildman–Crippen MR) is 123 cm³/mol. The van der Waals surface area contributed by atoms with Gasteiger partial charge >= 0.3 is 6.03 Å². The lowest BCUT2D eigenvalue weighted by Crippen LogP contribution is -2.73. The molecule has 1 saturated heterocycles. The number of nitrogens with one attached hydrogen (secondary N) is 2. The van der Waals surface area contributed by atoms with Crippen molar-refractivity contribution in [2.45, 2.75) is 70.7 Å². The highest BCUT2D eigenvalue weighted by Crippen LogP contribution is 2.50. The fraction of sp³-hybridized carbons (Fsp3) is 0.462. The molecule has 6 heteroatoms. The van der Waals surface area contributed by atoms with E-state index in [0.717, 1.165) is 53.8 Å². The Balaban J connectivity index is 1.56. The van der Waals surface area contributed by atoms with Crippen molar-refractivity contribution in [3.05, 3.63) is 59.2 Å². The van der Waals surface area contributed by atoms with Gasteiger partial charge in [-0.05, 0) is 51.3 Å². The molecule has 2 bridgehead atoms. The molecule has 2 N–H and O–H groups in total. The Labute approximate surface area is 189 Å². The molecule has 2 aromatic rings. The molecule has 2 aliphatic heterocycles. The average Bonchev–Trinajstić information content (AvgIpc) is 2.75. The lowest BCUT2D eigenvalue weighted by atomic mass is 9.77. The second kappa shape index (κ2) is 7.84. The van der Waals surface area contributed by atoms with Crippen LogP contribution >= 0.6 is 0 Å². The van der Waals surface area contributed by atoms with Crippen LogP contribution in [0.1, 0.15) is 61.8 Å². The van der Waals surface area contributed by atoms with Crippen molar-refractivity contribution in [3.63, 3.8) is 0 Å². The normalized spacial score (nSPS) is 27.2. The maximum atomic E-state index is 13.8. The van der Waals surface area contributed by atoms with Crippen LogP contribution in [0.4, 0.5) is 10.5 Å². The smallest absolute Gasteiger partial charge is 0.321 e. The number of carbonyl (C=O) groups excluding carboxylic acids is 2. The van der Waals surface area contributed by atoms with Crippen molar-refractivity contribution >= 4 is 17.6 Å². The molecule has 3 atom stereocenters. The van der Waals surface area contributed by atoms with E-state index < -0.39 is 17.7 Å². The second-order valence-electron chi connectivity index (χ2n) is 9.57. The molecule has 3 amide bonds. The fourth-order valence-corrected chi connectivity index (χ4v) is 5.80. The van der Waals surface area contributed by atoms with Crippen LogP contribution in [-0.4, -0.2) is 28.6 Å². The summed E-state index contributed by atoms with van der Waals surface area (Å²) >= 11 is 0. The maximum Gasteiger partial charge on any atom is 0.321 e. The van der Waals surface area contributed by atoms with E-state index in [2.05, 4.69) is 16.7 Å². The van der Waals surface area contributed by atoms with Crippen LogP contribution in [0.5, 0.6) is 5.75 Å². The van der Waals surface area contributed by atoms with Gasteiger partial charge in [-0.1, -0.05) is 55.2 Å². The van der Waals surface area contributed by atoms with Gasteiger partial charge in [-0.25, -0.2) is 4.79 Å². The van der Waals surface area contributed by atoms with E-state index in [9.17, 15) is 9.59 Å². The minimum absolute atomic E-state index is 0.0661. The van der Waals surface area contributed by atoms with Gasteiger partial charge in [-0.3, -0.25) is 9.69 Å². The maximum absolute atomic E-state index is 13.8.